The zero-order valence-electron chi connectivity index (χ0n) is 12.2. The fraction of sp³-hybridized carbons (Fsp3) is 0.368. The molecule has 1 fully saturated rings. The molecule has 2 aliphatic rings. The summed E-state index contributed by atoms with van der Waals surface area (Å²) in [5.41, 5.74) is 2.53. The first-order valence-electron chi connectivity index (χ1n) is 7.94. The average molecular weight is 279 g/mol. The molecule has 1 atom stereocenters. The molecule has 0 bridgehead atoms. The van der Waals surface area contributed by atoms with Gasteiger partial charge < -0.3 is 10.1 Å². The molecule has 2 nitrogen and oxygen atoms in total. The van der Waals surface area contributed by atoms with Gasteiger partial charge in [-0.3, -0.25) is 0 Å². The van der Waals surface area contributed by atoms with Crippen LogP contribution in [0, 0.1) is 0 Å². The molecule has 1 unspecified atom stereocenters. The summed E-state index contributed by atoms with van der Waals surface area (Å²) in [5, 5.41) is 3.71. The van der Waals surface area contributed by atoms with Crippen molar-refractivity contribution in [2.75, 3.05) is 5.32 Å². The standard InChI is InChI=1S/C19H21NO/c1-2-8-15(9-3-1)20-17-14-19(12-6-7-13-19)21-18-11-5-4-10-16(17)18/h1-5,8-11,17,20H,6-7,12-14H2. The van der Waals surface area contributed by atoms with Crippen LogP contribution in [0.15, 0.2) is 54.6 Å². The van der Waals surface area contributed by atoms with E-state index in [2.05, 4.69) is 59.9 Å². The summed E-state index contributed by atoms with van der Waals surface area (Å²) in [5.74, 6) is 1.07. The lowest BCUT2D eigenvalue weighted by atomic mass is 9.86. The van der Waals surface area contributed by atoms with E-state index < -0.39 is 0 Å². The Morgan fingerprint density at radius 2 is 1.62 bits per heavy atom. The summed E-state index contributed by atoms with van der Waals surface area (Å²) in [7, 11) is 0. The molecular weight excluding hydrogens is 258 g/mol. The van der Waals surface area contributed by atoms with Gasteiger partial charge in [-0.15, -0.1) is 0 Å². The normalized spacial score (nSPS) is 22.6. The lowest BCUT2D eigenvalue weighted by Gasteiger charge is -2.40. The van der Waals surface area contributed by atoms with E-state index in [1.54, 1.807) is 0 Å². The third kappa shape index (κ3) is 2.39. The molecule has 1 saturated carbocycles. The molecule has 0 radical (unpaired) electrons. The quantitative estimate of drug-likeness (QED) is 0.841. The molecule has 1 spiro atoms. The predicted molar refractivity (Wildman–Crippen MR) is 85.7 cm³/mol. The zero-order valence-corrected chi connectivity index (χ0v) is 12.2. The molecule has 0 aromatic heterocycles. The van der Waals surface area contributed by atoms with Crippen molar-refractivity contribution in [3.63, 3.8) is 0 Å². The van der Waals surface area contributed by atoms with Gasteiger partial charge >= 0.3 is 0 Å². The van der Waals surface area contributed by atoms with Gasteiger partial charge in [0.15, 0.2) is 0 Å². The van der Waals surface area contributed by atoms with Crippen molar-refractivity contribution < 1.29 is 4.74 Å². The zero-order chi connectivity index (χ0) is 14.1. The van der Waals surface area contributed by atoms with E-state index in [4.69, 9.17) is 4.74 Å². The highest BCUT2D eigenvalue weighted by atomic mass is 16.5. The maximum Gasteiger partial charge on any atom is 0.125 e. The monoisotopic (exact) mass is 279 g/mol. The maximum atomic E-state index is 6.41. The second kappa shape index (κ2) is 5.10. The van der Waals surface area contributed by atoms with Gasteiger partial charge in [0, 0.05) is 17.7 Å². The fourth-order valence-corrected chi connectivity index (χ4v) is 3.81. The van der Waals surface area contributed by atoms with Gasteiger partial charge in [0.05, 0.1) is 6.04 Å². The average Bonchev–Trinajstić information content (AvgIpc) is 2.96. The Labute approximate surface area is 126 Å². The van der Waals surface area contributed by atoms with Gasteiger partial charge in [-0.05, 0) is 43.9 Å². The number of fused-ring (bicyclic) bond motifs is 1. The first-order valence-corrected chi connectivity index (χ1v) is 7.94. The van der Waals surface area contributed by atoms with E-state index in [-0.39, 0.29) is 5.60 Å². The van der Waals surface area contributed by atoms with Crippen molar-refractivity contribution >= 4 is 5.69 Å². The topological polar surface area (TPSA) is 21.3 Å². The van der Waals surface area contributed by atoms with Crippen LogP contribution in [0.1, 0.15) is 43.7 Å². The number of anilines is 1. The van der Waals surface area contributed by atoms with Crippen molar-refractivity contribution in [3.05, 3.63) is 60.2 Å². The van der Waals surface area contributed by atoms with Crippen LogP contribution in [0.2, 0.25) is 0 Å². The highest BCUT2D eigenvalue weighted by molar-refractivity contribution is 5.49. The van der Waals surface area contributed by atoms with Crippen molar-refractivity contribution in [1.29, 1.82) is 0 Å². The van der Waals surface area contributed by atoms with Gasteiger partial charge in [0.1, 0.15) is 11.4 Å². The molecule has 21 heavy (non-hydrogen) atoms. The fourth-order valence-electron chi connectivity index (χ4n) is 3.81. The first-order chi connectivity index (χ1) is 10.3. The summed E-state index contributed by atoms with van der Waals surface area (Å²) in [6.07, 6.45) is 6.03. The van der Waals surface area contributed by atoms with E-state index >= 15 is 0 Å². The molecule has 0 amide bonds. The largest absolute Gasteiger partial charge is 0.487 e. The van der Waals surface area contributed by atoms with Crippen LogP contribution in [0.3, 0.4) is 0 Å². The third-order valence-electron chi connectivity index (χ3n) is 4.83. The first kappa shape index (κ1) is 12.8. The highest BCUT2D eigenvalue weighted by Gasteiger charge is 2.42. The lowest BCUT2D eigenvalue weighted by molar-refractivity contribution is 0.0453. The van der Waals surface area contributed by atoms with Crippen LogP contribution < -0.4 is 10.1 Å². The molecule has 1 heterocycles. The number of hydrogen-bond donors (Lipinski definition) is 1. The molecule has 2 aromatic carbocycles. The molecule has 2 heteroatoms. The molecule has 4 rings (SSSR count). The van der Waals surface area contributed by atoms with Crippen LogP contribution in [0.4, 0.5) is 5.69 Å². The lowest BCUT2D eigenvalue weighted by Crippen LogP contribution is -2.40. The van der Waals surface area contributed by atoms with Gasteiger partial charge in [-0.2, -0.15) is 0 Å². The molecule has 0 saturated heterocycles. The Morgan fingerprint density at radius 3 is 2.43 bits per heavy atom. The number of hydrogen-bond acceptors (Lipinski definition) is 2. The van der Waals surface area contributed by atoms with Crippen molar-refractivity contribution in [3.8, 4) is 5.75 Å². The minimum atomic E-state index is 0.0563. The Bertz CT molecular complexity index is 616. The highest BCUT2D eigenvalue weighted by Crippen LogP contribution is 2.47. The van der Waals surface area contributed by atoms with E-state index in [1.165, 1.54) is 36.9 Å². The number of ether oxygens (including phenoxy) is 1. The molecule has 2 aromatic rings. The third-order valence-corrected chi connectivity index (χ3v) is 4.83. The van der Waals surface area contributed by atoms with Crippen molar-refractivity contribution in [1.82, 2.24) is 0 Å². The van der Waals surface area contributed by atoms with Crippen LogP contribution in [0.5, 0.6) is 5.75 Å². The van der Waals surface area contributed by atoms with Gasteiger partial charge in [0.25, 0.3) is 0 Å². The Morgan fingerprint density at radius 1 is 0.905 bits per heavy atom. The SMILES string of the molecule is c1ccc(NC2CC3(CCCC3)Oc3ccccc32)cc1. The van der Waals surface area contributed by atoms with E-state index in [0.717, 1.165) is 12.2 Å². The summed E-state index contributed by atoms with van der Waals surface area (Å²) < 4.78 is 6.41. The summed E-state index contributed by atoms with van der Waals surface area (Å²) in [6.45, 7) is 0. The second-order valence-electron chi connectivity index (χ2n) is 6.30. The summed E-state index contributed by atoms with van der Waals surface area (Å²) in [6, 6.07) is 19.3. The molecule has 1 aliphatic heterocycles. The minimum Gasteiger partial charge on any atom is -0.487 e. The van der Waals surface area contributed by atoms with Crippen LogP contribution in [0.25, 0.3) is 0 Å². The van der Waals surface area contributed by atoms with Crippen LogP contribution >= 0.6 is 0 Å². The Kier molecular flexibility index (Phi) is 3.10. The molecule has 1 N–H and O–H groups in total. The predicted octanol–water partition coefficient (Wildman–Crippen LogP) is 4.94. The summed E-state index contributed by atoms with van der Waals surface area (Å²) in [4.78, 5) is 0. The Balaban J connectivity index is 1.68. The molecule has 1 aliphatic carbocycles. The number of benzene rings is 2. The van der Waals surface area contributed by atoms with E-state index in [9.17, 15) is 0 Å². The van der Waals surface area contributed by atoms with Crippen molar-refractivity contribution in [2.24, 2.45) is 0 Å². The number of nitrogens with one attached hydrogen (secondary N) is 1. The minimum absolute atomic E-state index is 0.0563. The Hall–Kier alpha value is -1.96. The van der Waals surface area contributed by atoms with E-state index in [1.807, 2.05) is 0 Å². The van der Waals surface area contributed by atoms with E-state index in [0.29, 0.717) is 6.04 Å². The second-order valence-corrected chi connectivity index (χ2v) is 6.30. The maximum absolute atomic E-state index is 6.41. The molecular formula is C19H21NO. The summed E-state index contributed by atoms with van der Waals surface area (Å²) >= 11 is 0. The smallest absolute Gasteiger partial charge is 0.125 e. The number of rotatable bonds is 2. The number of para-hydroxylation sites is 2. The van der Waals surface area contributed by atoms with Gasteiger partial charge in [-0.25, -0.2) is 0 Å². The van der Waals surface area contributed by atoms with Gasteiger partial charge in [0.2, 0.25) is 0 Å². The van der Waals surface area contributed by atoms with Crippen molar-refractivity contribution in [2.45, 2.75) is 43.7 Å². The molecule has 108 valence electrons. The van der Waals surface area contributed by atoms with Crippen LogP contribution in [-0.2, 0) is 0 Å². The van der Waals surface area contributed by atoms with Crippen LogP contribution in [-0.4, -0.2) is 5.60 Å². The van der Waals surface area contributed by atoms with Gasteiger partial charge in [-0.1, -0.05) is 36.4 Å².